The van der Waals surface area contributed by atoms with Gasteiger partial charge in [-0.05, 0) is 76.6 Å². The monoisotopic (exact) mass is 318 g/mol. The number of esters is 2. The zero-order chi connectivity index (χ0) is 17.4. The SMILES string of the molecule is CCOC(=O)C1(C(=O)OC(C)(C)C)Cc2cc(C)c(C)cc2C1. The van der Waals surface area contributed by atoms with Crippen molar-refractivity contribution in [1.29, 1.82) is 0 Å². The Bertz CT molecular complexity index is 607. The zero-order valence-corrected chi connectivity index (χ0v) is 14.9. The molecule has 4 nitrogen and oxygen atoms in total. The van der Waals surface area contributed by atoms with E-state index in [1.54, 1.807) is 27.7 Å². The third-order valence-electron chi connectivity index (χ3n) is 4.26. The first-order valence-corrected chi connectivity index (χ1v) is 8.09. The van der Waals surface area contributed by atoms with Crippen LogP contribution in [0.15, 0.2) is 12.1 Å². The Morgan fingerprint density at radius 1 is 1.04 bits per heavy atom. The van der Waals surface area contributed by atoms with Gasteiger partial charge in [-0.1, -0.05) is 12.1 Å². The molecule has 4 heteroatoms. The highest BCUT2D eigenvalue weighted by atomic mass is 16.6. The third-order valence-corrected chi connectivity index (χ3v) is 4.26. The van der Waals surface area contributed by atoms with Gasteiger partial charge in [-0.2, -0.15) is 0 Å². The fraction of sp³-hybridized carbons (Fsp3) is 0.579. The van der Waals surface area contributed by atoms with Gasteiger partial charge < -0.3 is 9.47 Å². The summed E-state index contributed by atoms with van der Waals surface area (Å²) in [7, 11) is 0. The van der Waals surface area contributed by atoms with Crippen LogP contribution in [0, 0.1) is 19.3 Å². The maximum Gasteiger partial charge on any atom is 0.324 e. The summed E-state index contributed by atoms with van der Waals surface area (Å²) in [6.45, 7) is 11.5. The molecule has 0 saturated heterocycles. The number of aryl methyl sites for hydroxylation is 2. The molecule has 0 N–H and O–H groups in total. The zero-order valence-electron chi connectivity index (χ0n) is 14.9. The van der Waals surface area contributed by atoms with Gasteiger partial charge in [0.05, 0.1) is 6.61 Å². The van der Waals surface area contributed by atoms with Gasteiger partial charge in [-0.25, -0.2) is 0 Å². The molecule has 0 radical (unpaired) electrons. The van der Waals surface area contributed by atoms with Crippen LogP contribution in [0.5, 0.6) is 0 Å². The van der Waals surface area contributed by atoms with Crippen molar-refractivity contribution in [2.24, 2.45) is 5.41 Å². The number of hydrogen-bond donors (Lipinski definition) is 0. The van der Waals surface area contributed by atoms with Crippen LogP contribution in [0.3, 0.4) is 0 Å². The van der Waals surface area contributed by atoms with Gasteiger partial charge in [0.1, 0.15) is 5.60 Å². The molecule has 0 amide bonds. The first-order valence-electron chi connectivity index (χ1n) is 8.09. The quantitative estimate of drug-likeness (QED) is 0.634. The van der Waals surface area contributed by atoms with Crippen molar-refractivity contribution in [3.8, 4) is 0 Å². The summed E-state index contributed by atoms with van der Waals surface area (Å²) in [5.41, 5.74) is 2.49. The predicted molar refractivity (Wildman–Crippen MR) is 88.2 cm³/mol. The number of rotatable bonds is 3. The van der Waals surface area contributed by atoms with Gasteiger partial charge in [0.25, 0.3) is 0 Å². The van der Waals surface area contributed by atoms with Crippen molar-refractivity contribution in [3.05, 3.63) is 34.4 Å². The first kappa shape index (κ1) is 17.5. The summed E-state index contributed by atoms with van der Waals surface area (Å²) in [6, 6.07) is 4.13. The molecule has 0 heterocycles. The van der Waals surface area contributed by atoms with Crippen molar-refractivity contribution in [2.75, 3.05) is 6.61 Å². The van der Waals surface area contributed by atoms with E-state index < -0.39 is 23.0 Å². The number of benzene rings is 1. The molecular formula is C19H26O4. The Balaban J connectivity index is 2.42. The fourth-order valence-corrected chi connectivity index (χ4v) is 2.99. The Morgan fingerprint density at radius 2 is 1.52 bits per heavy atom. The van der Waals surface area contributed by atoms with Gasteiger partial charge in [0.15, 0.2) is 5.41 Å². The lowest BCUT2D eigenvalue weighted by molar-refractivity contribution is -0.178. The normalized spacial score (nSPS) is 15.9. The molecule has 0 aromatic heterocycles. The van der Waals surface area contributed by atoms with Crippen LogP contribution in [-0.2, 0) is 31.9 Å². The van der Waals surface area contributed by atoms with Crippen LogP contribution in [0.25, 0.3) is 0 Å². The minimum Gasteiger partial charge on any atom is -0.465 e. The molecule has 0 bridgehead atoms. The van der Waals surface area contributed by atoms with Gasteiger partial charge in [-0.15, -0.1) is 0 Å². The number of fused-ring (bicyclic) bond motifs is 1. The van der Waals surface area contributed by atoms with E-state index in [-0.39, 0.29) is 6.61 Å². The summed E-state index contributed by atoms with van der Waals surface area (Å²) in [6.07, 6.45) is 0.689. The standard InChI is InChI=1S/C19H26O4/c1-7-22-16(20)19(17(21)23-18(4,5)6)10-14-8-12(2)13(3)9-15(14)11-19/h8-9H,7,10-11H2,1-6H3. The Morgan fingerprint density at radius 3 is 1.91 bits per heavy atom. The minimum absolute atomic E-state index is 0.248. The van der Waals surface area contributed by atoms with Crippen LogP contribution in [0.4, 0.5) is 0 Å². The highest BCUT2D eigenvalue weighted by molar-refractivity contribution is 6.01. The maximum atomic E-state index is 12.8. The number of ether oxygens (including phenoxy) is 2. The summed E-state index contributed by atoms with van der Waals surface area (Å²) >= 11 is 0. The molecule has 0 spiro atoms. The van der Waals surface area contributed by atoms with E-state index in [2.05, 4.69) is 12.1 Å². The molecule has 1 aliphatic carbocycles. The third kappa shape index (κ3) is 3.41. The lowest BCUT2D eigenvalue weighted by Crippen LogP contribution is -2.45. The second-order valence-electron chi connectivity index (χ2n) is 7.36. The van der Waals surface area contributed by atoms with Crippen molar-refractivity contribution < 1.29 is 19.1 Å². The van der Waals surface area contributed by atoms with Crippen molar-refractivity contribution in [3.63, 3.8) is 0 Å². The molecule has 0 saturated carbocycles. The van der Waals surface area contributed by atoms with Crippen molar-refractivity contribution in [2.45, 2.75) is 60.0 Å². The molecule has 0 atom stereocenters. The molecule has 0 aliphatic heterocycles. The average molecular weight is 318 g/mol. The highest BCUT2D eigenvalue weighted by Crippen LogP contribution is 2.41. The summed E-state index contributed by atoms with van der Waals surface area (Å²) in [5.74, 6) is -0.976. The summed E-state index contributed by atoms with van der Waals surface area (Å²) in [5, 5.41) is 0. The van der Waals surface area contributed by atoms with Crippen molar-refractivity contribution in [1.82, 2.24) is 0 Å². The van der Waals surface area contributed by atoms with Gasteiger partial charge in [0.2, 0.25) is 0 Å². The van der Waals surface area contributed by atoms with E-state index in [1.165, 1.54) is 0 Å². The van der Waals surface area contributed by atoms with Crippen LogP contribution >= 0.6 is 0 Å². The maximum absolute atomic E-state index is 12.8. The van der Waals surface area contributed by atoms with Crippen LogP contribution < -0.4 is 0 Å². The van der Waals surface area contributed by atoms with Crippen LogP contribution in [0.2, 0.25) is 0 Å². The van der Waals surface area contributed by atoms with Gasteiger partial charge in [0, 0.05) is 0 Å². The van der Waals surface area contributed by atoms with Crippen LogP contribution in [-0.4, -0.2) is 24.1 Å². The predicted octanol–water partition coefficient (Wildman–Crippen LogP) is 3.29. The van der Waals surface area contributed by atoms with Crippen LogP contribution in [0.1, 0.15) is 49.9 Å². The molecule has 1 aliphatic rings. The molecule has 2 rings (SSSR count). The molecule has 0 unspecified atom stereocenters. The van der Waals surface area contributed by atoms with E-state index in [0.717, 1.165) is 22.3 Å². The highest BCUT2D eigenvalue weighted by Gasteiger charge is 2.53. The smallest absolute Gasteiger partial charge is 0.324 e. The molecule has 1 aromatic rings. The average Bonchev–Trinajstić information content (AvgIpc) is 2.77. The number of hydrogen-bond acceptors (Lipinski definition) is 4. The molecule has 126 valence electrons. The molecule has 23 heavy (non-hydrogen) atoms. The summed E-state index contributed by atoms with van der Waals surface area (Å²) in [4.78, 5) is 25.4. The minimum atomic E-state index is -1.26. The molecular weight excluding hydrogens is 292 g/mol. The summed E-state index contributed by atoms with van der Waals surface area (Å²) < 4.78 is 10.8. The Kier molecular flexibility index (Phi) is 4.56. The van der Waals surface area contributed by atoms with E-state index in [1.807, 2.05) is 13.8 Å². The molecule has 0 fully saturated rings. The lowest BCUT2D eigenvalue weighted by Gasteiger charge is -2.29. The van der Waals surface area contributed by atoms with E-state index >= 15 is 0 Å². The second kappa shape index (κ2) is 5.99. The van der Waals surface area contributed by atoms with E-state index in [9.17, 15) is 9.59 Å². The Hall–Kier alpha value is -1.84. The first-order chi connectivity index (χ1) is 10.6. The lowest BCUT2D eigenvalue weighted by atomic mass is 9.84. The number of carbonyl (C=O) groups is 2. The van der Waals surface area contributed by atoms with Crippen molar-refractivity contribution >= 4 is 11.9 Å². The van der Waals surface area contributed by atoms with E-state index in [4.69, 9.17) is 9.47 Å². The van der Waals surface area contributed by atoms with Gasteiger partial charge in [-0.3, -0.25) is 9.59 Å². The largest absolute Gasteiger partial charge is 0.465 e. The Labute approximate surface area is 138 Å². The topological polar surface area (TPSA) is 52.6 Å². The van der Waals surface area contributed by atoms with E-state index in [0.29, 0.717) is 12.8 Å². The molecule has 1 aromatic carbocycles. The second-order valence-corrected chi connectivity index (χ2v) is 7.36. The fourth-order valence-electron chi connectivity index (χ4n) is 2.99. The van der Waals surface area contributed by atoms with Gasteiger partial charge >= 0.3 is 11.9 Å². The number of carbonyl (C=O) groups excluding carboxylic acids is 2.